The van der Waals surface area contributed by atoms with Crippen LogP contribution in [0.5, 0.6) is 5.75 Å². The Morgan fingerprint density at radius 1 is 1.39 bits per heavy atom. The molecule has 18 heavy (non-hydrogen) atoms. The summed E-state index contributed by atoms with van der Waals surface area (Å²) in [7, 11) is 1.68. The highest BCUT2D eigenvalue weighted by Gasteiger charge is 2.06. The molecule has 0 bridgehead atoms. The van der Waals surface area contributed by atoms with Gasteiger partial charge in [-0.2, -0.15) is 0 Å². The molecular weight excluding hydrogens is 361 g/mol. The molecule has 6 heteroatoms. The van der Waals surface area contributed by atoms with Gasteiger partial charge in [-0.3, -0.25) is 4.99 Å². The van der Waals surface area contributed by atoms with E-state index < -0.39 is 0 Å². The van der Waals surface area contributed by atoms with Gasteiger partial charge in [-0.25, -0.2) is 0 Å². The van der Waals surface area contributed by atoms with Crippen LogP contribution in [0.4, 0.5) is 0 Å². The first-order valence-electron chi connectivity index (χ1n) is 5.44. The molecule has 0 heterocycles. The van der Waals surface area contributed by atoms with Gasteiger partial charge in [0, 0.05) is 17.2 Å². The number of halogens is 1. The van der Waals surface area contributed by atoms with Crippen molar-refractivity contribution in [2.75, 3.05) is 19.4 Å². The van der Waals surface area contributed by atoms with Crippen LogP contribution in [-0.2, 0) is 0 Å². The Labute approximate surface area is 130 Å². The first kappa shape index (κ1) is 17.4. The molecule has 0 aromatic heterocycles. The summed E-state index contributed by atoms with van der Waals surface area (Å²) in [5.41, 5.74) is 10.6. The Kier molecular flexibility index (Phi) is 8.99. The van der Waals surface area contributed by atoms with Gasteiger partial charge in [0.25, 0.3) is 0 Å². The first-order valence-corrected chi connectivity index (χ1v) is 6.43. The highest BCUT2D eigenvalue weighted by Crippen LogP contribution is 2.29. The molecule has 1 aromatic rings. The fourth-order valence-corrected chi connectivity index (χ4v) is 2.32. The number of methoxy groups -OCH3 is 1. The standard InChI is InChI=1S/C12H19N3OS.HI/c1-9(7-15-12(13)14)8-17-11-6-4-3-5-10(11)16-2;/h3-6,9H,7-8H2,1-2H3,(H4,13,14,15);1H. The lowest BCUT2D eigenvalue weighted by Crippen LogP contribution is -2.24. The van der Waals surface area contributed by atoms with Crippen molar-refractivity contribution in [2.45, 2.75) is 11.8 Å². The summed E-state index contributed by atoms with van der Waals surface area (Å²) in [6.07, 6.45) is 0. The number of nitrogens with zero attached hydrogens (tertiary/aromatic N) is 1. The summed E-state index contributed by atoms with van der Waals surface area (Å²) >= 11 is 1.76. The Hall–Kier alpha value is -0.630. The van der Waals surface area contributed by atoms with Gasteiger partial charge in [-0.15, -0.1) is 35.7 Å². The zero-order valence-corrected chi connectivity index (χ0v) is 13.8. The van der Waals surface area contributed by atoms with E-state index in [0.29, 0.717) is 12.5 Å². The third-order valence-corrected chi connectivity index (χ3v) is 3.56. The predicted molar refractivity (Wildman–Crippen MR) is 89.0 cm³/mol. The number of thioether (sulfide) groups is 1. The van der Waals surface area contributed by atoms with Gasteiger partial charge in [-0.1, -0.05) is 19.1 Å². The third kappa shape index (κ3) is 6.34. The van der Waals surface area contributed by atoms with E-state index in [1.165, 1.54) is 0 Å². The van der Waals surface area contributed by atoms with E-state index in [2.05, 4.69) is 18.0 Å². The maximum Gasteiger partial charge on any atom is 0.185 e. The fourth-order valence-electron chi connectivity index (χ4n) is 1.28. The van der Waals surface area contributed by atoms with E-state index in [9.17, 15) is 0 Å². The van der Waals surface area contributed by atoms with E-state index in [1.54, 1.807) is 18.9 Å². The van der Waals surface area contributed by atoms with E-state index in [1.807, 2.05) is 18.2 Å². The minimum Gasteiger partial charge on any atom is -0.496 e. The molecule has 1 unspecified atom stereocenters. The Balaban J connectivity index is 0.00000289. The largest absolute Gasteiger partial charge is 0.496 e. The van der Waals surface area contributed by atoms with Gasteiger partial charge in [0.2, 0.25) is 0 Å². The summed E-state index contributed by atoms with van der Waals surface area (Å²) in [5, 5.41) is 0. The molecule has 0 saturated carbocycles. The minimum absolute atomic E-state index is 0. The van der Waals surface area contributed by atoms with Crippen LogP contribution in [0.3, 0.4) is 0 Å². The van der Waals surface area contributed by atoms with Crippen molar-refractivity contribution in [3.8, 4) is 5.75 Å². The number of nitrogens with two attached hydrogens (primary N) is 2. The lowest BCUT2D eigenvalue weighted by Gasteiger charge is -2.10. The summed E-state index contributed by atoms with van der Waals surface area (Å²) in [6.45, 7) is 2.78. The van der Waals surface area contributed by atoms with Crippen molar-refractivity contribution >= 4 is 41.7 Å². The smallest absolute Gasteiger partial charge is 0.185 e. The molecule has 4 N–H and O–H groups in total. The number of hydrogen-bond donors (Lipinski definition) is 2. The average molecular weight is 381 g/mol. The number of rotatable bonds is 6. The lowest BCUT2D eigenvalue weighted by molar-refractivity contribution is 0.405. The molecule has 0 aliphatic carbocycles. The molecule has 0 spiro atoms. The van der Waals surface area contributed by atoms with Crippen molar-refractivity contribution < 1.29 is 4.74 Å². The maximum absolute atomic E-state index is 5.29. The molecule has 4 nitrogen and oxygen atoms in total. The molecule has 1 rings (SSSR count). The van der Waals surface area contributed by atoms with Crippen LogP contribution in [0, 0.1) is 5.92 Å². The van der Waals surface area contributed by atoms with Crippen LogP contribution in [-0.4, -0.2) is 25.4 Å². The van der Waals surface area contributed by atoms with Gasteiger partial charge < -0.3 is 16.2 Å². The second-order valence-electron chi connectivity index (χ2n) is 3.83. The van der Waals surface area contributed by atoms with Crippen LogP contribution in [0.2, 0.25) is 0 Å². The Morgan fingerprint density at radius 3 is 2.67 bits per heavy atom. The number of guanidine groups is 1. The molecule has 0 amide bonds. The van der Waals surface area contributed by atoms with Gasteiger partial charge in [0.1, 0.15) is 5.75 Å². The van der Waals surface area contributed by atoms with Crippen LogP contribution in [0.25, 0.3) is 0 Å². The number of para-hydroxylation sites is 1. The number of hydrogen-bond acceptors (Lipinski definition) is 3. The summed E-state index contributed by atoms with van der Waals surface area (Å²) < 4.78 is 5.29. The van der Waals surface area contributed by atoms with Gasteiger partial charge in [0.15, 0.2) is 5.96 Å². The first-order chi connectivity index (χ1) is 8.13. The topological polar surface area (TPSA) is 73.6 Å². The highest BCUT2D eigenvalue weighted by atomic mass is 127. The van der Waals surface area contributed by atoms with Gasteiger partial charge in [0.05, 0.1) is 7.11 Å². The predicted octanol–water partition coefficient (Wildman–Crippen LogP) is 2.31. The lowest BCUT2D eigenvalue weighted by atomic mass is 10.2. The summed E-state index contributed by atoms with van der Waals surface area (Å²) in [4.78, 5) is 5.15. The zero-order valence-electron chi connectivity index (χ0n) is 10.6. The minimum atomic E-state index is 0. The molecule has 0 fully saturated rings. The van der Waals surface area contributed by atoms with Gasteiger partial charge >= 0.3 is 0 Å². The van der Waals surface area contributed by atoms with E-state index in [0.717, 1.165) is 16.4 Å². The second kappa shape index (κ2) is 9.32. The normalized spacial score (nSPS) is 11.2. The highest BCUT2D eigenvalue weighted by molar-refractivity contribution is 14.0. The third-order valence-electron chi connectivity index (χ3n) is 2.18. The zero-order chi connectivity index (χ0) is 12.7. The number of benzene rings is 1. The quantitative estimate of drug-likeness (QED) is 0.343. The van der Waals surface area contributed by atoms with E-state index in [4.69, 9.17) is 16.2 Å². The Bertz CT molecular complexity index is 383. The van der Waals surface area contributed by atoms with Crippen LogP contribution in [0.1, 0.15) is 6.92 Å². The molecule has 1 aromatic carbocycles. The Morgan fingerprint density at radius 2 is 2.06 bits per heavy atom. The van der Waals surface area contributed by atoms with Crippen LogP contribution < -0.4 is 16.2 Å². The van der Waals surface area contributed by atoms with Crippen molar-refractivity contribution in [3.05, 3.63) is 24.3 Å². The van der Waals surface area contributed by atoms with E-state index >= 15 is 0 Å². The van der Waals surface area contributed by atoms with E-state index in [-0.39, 0.29) is 29.9 Å². The monoisotopic (exact) mass is 381 g/mol. The second-order valence-corrected chi connectivity index (χ2v) is 4.89. The molecule has 0 radical (unpaired) electrons. The van der Waals surface area contributed by atoms with Gasteiger partial charge in [-0.05, 0) is 18.1 Å². The van der Waals surface area contributed by atoms with Crippen molar-refractivity contribution in [2.24, 2.45) is 22.4 Å². The molecular formula is C12H20IN3OS. The van der Waals surface area contributed by atoms with Crippen molar-refractivity contribution in [1.82, 2.24) is 0 Å². The van der Waals surface area contributed by atoms with Crippen molar-refractivity contribution in [3.63, 3.8) is 0 Å². The molecule has 1 atom stereocenters. The molecule has 102 valence electrons. The summed E-state index contributed by atoms with van der Waals surface area (Å²) in [6, 6.07) is 7.98. The van der Waals surface area contributed by atoms with Crippen LogP contribution >= 0.6 is 35.7 Å². The maximum atomic E-state index is 5.29. The number of ether oxygens (including phenoxy) is 1. The van der Waals surface area contributed by atoms with Crippen molar-refractivity contribution in [1.29, 1.82) is 0 Å². The van der Waals surface area contributed by atoms with Crippen LogP contribution in [0.15, 0.2) is 34.2 Å². The SMILES string of the molecule is COc1ccccc1SCC(C)CN=C(N)N.I. The summed E-state index contributed by atoms with van der Waals surface area (Å²) in [5.74, 6) is 2.44. The average Bonchev–Trinajstić information content (AvgIpc) is 2.34. The molecule has 0 saturated heterocycles. The molecule has 0 aliphatic heterocycles. The fraction of sp³-hybridized carbons (Fsp3) is 0.417. The molecule has 0 aliphatic rings. The number of aliphatic imine (C=N–C) groups is 1.